The maximum Gasteiger partial charge on any atom is 0.234 e. The van der Waals surface area contributed by atoms with Gasteiger partial charge in [0, 0.05) is 6.54 Å². The highest BCUT2D eigenvalue weighted by Crippen LogP contribution is 2.36. The van der Waals surface area contributed by atoms with Crippen LogP contribution in [0.4, 0.5) is 0 Å². The van der Waals surface area contributed by atoms with Crippen LogP contribution < -0.4 is 14.8 Å². The van der Waals surface area contributed by atoms with Crippen molar-refractivity contribution in [1.82, 2.24) is 10.2 Å². The fourth-order valence-electron chi connectivity index (χ4n) is 4.47. The Morgan fingerprint density at radius 3 is 2.80 bits per heavy atom. The number of amides is 1. The molecule has 0 radical (unpaired) electrons. The van der Waals surface area contributed by atoms with Crippen molar-refractivity contribution in [1.29, 1.82) is 0 Å². The molecule has 25 heavy (non-hydrogen) atoms. The van der Waals surface area contributed by atoms with Crippen LogP contribution in [0.2, 0.25) is 0 Å². The summed E-state index contributed by atoms with van der Waals surface area (Å²) in [6.45, 7) is 3.63. The van der Waals surface area contributed by atoms with Gasteiger partial charge >= 0.3 is 0 Å². The molecule has 1 saturated heterocycles. The van der Waals surface area contributed by atoms with Crippen molar-refractivity contribution in [2.45, 2.75) is 38.2 Å². The molecule has 1 aromatic carbocycles. The highest BCUT2D eigenvalue weighted by molar-refractivity contribution is 5.78. The van der Waals surface area contributed by atoms with Crippen LogP contribution in [0.1, 0.15) is 32.1 Å². The van der Waals surface area contributed by atoms with Crippen LogP contribution in [-0.4, -0.2) is 49.7 Å². The Morgan fingerprint density at radius 2 is 1.92 bits per heavy atom. The number of ether oxygens (including phenoxy) is 2. The summed E-state index contributed by atoms with van der Waals surface area (Å²) >= 11 is 0. The molecule has 0 spiro atoms. The number of carbonyl (C=O) groups is 1. The number of para-hydroxylation sites is 2. The lowest BCUT2D eigenvalue weighted by atomic mass is 9.75. The maximum absolute atomic E-state index is 12.3. The van der Waals surface area contributed by atoms with Crippen molar-refractivity contribution in [3.63, 3.8) is 0 Å². The topological polar surface area (TPSA) is 50.8 Å². The van der Waals surface area contributed by atoms with E-state index in [1.54, 1.807) is 0 Å². The van der Waals surface area contributed by atoms with Crippen molar-refractivity contribution >= 4 is 5.91 Å². The summed E-state index contributed by atoms with van der Waals surface area (Å²) in [6, 6.07) is 7.66. The van der Waals surface area contributed by atoms with Gasteiger partial charge in [-0.15, -0.1) is 0 Å². The van der Waals surface area contributed by atoms with E-state index in [0.29, 0.717) is 19.7 Å². The lowest BCUT2D eigenvalue weighted by Crippen LogP contribution is -2.48. The Labute approximate surface area is 149 Å². The fraction of sp³-hybridized carbons (Fsp3) is 0.650. The third-order valence-electron chi connectivity index (χ3n) is 5.84. The molecule has 1 saturated carbocycles. The molecular formula is C20H28N2O3. The van der Waals surface area contributed by atoms with E-state index in [0.717, 1.165) is 36.4 Å². The van der Waals surface area contributed by atoms with Crippen molar-refractivity contribution in [2.24, 2.45) is 11.8 Å². The first-order valence-corrected chi connectivity index (χ1v) is 9.65. The highest BCUT2D eigenvalue weighted by Gasteiger charge is 2.31. The van der Waals surface area contributed by atoms with Gasteiger partial charge in [-0.2, -0.15) is 0 Å². The van der Waals surface area contributed by atoms with E-state index in [1.165, 1.54) is 32.1 Å². The monoisotopic (exact) mass is 344 g/mol. The Bertz CT molecular complexity index is 606. The van der Waals surface area contributed by atoms with Gasteiger partial charge in [0.2, 0.25) is 5.91 Å². The Kier molecular flexibility index (Phi) is 5.11. The van der Waals surface area contributed by atoms with Gasteiger partial charge in [-0.05, 0) is 43.4 Å². The second-order valence-corrected chi connectivity index (χ2v) is 7.63. The van der Waals surface area contributed by atoms with Gasteiger partial charge in [0.05, 0.1) is 13.1 Å². The molecule has 1 aliphatic carbocycles. The summed E-state index contributed by atoms with van der Waals surface area (Å²) in [4.78, 5) is 14.6. The Hall–Kier alpha value is -1.75. The van der Waals surface area contributed by atoms with Gasteiger partial charge in [-0.3, -0.25) is 9.69 Å². The number of rotatable bonds is 4. The lowest BCUT2D eigenvalue weighted by Gasteiger charge is -2.41. The van der Waals surface area contributed by atoms with E-state index in [9.17, 15) is 4.79 Å². The third kappa shape index (κ3) is 4.09. The van der Waals surface area contributed by atoms with E-state index in [2.05, 4.69) is 10.2 Å². The van der Waals surface area contributed by atoms with Crippen LogP contribution >= 0.6 is 0 Å². The zero-order chi connectivity index (χ0) is 17.1. The Morgan fingerprint density at radius 1 is 1.12 bits per heavy atom. The molecule has 5 heteroatoms. The van der Waals surface area contributed by atoms with Gasteiger partial charge in [-0.1, -0.05) is 31.4 Å². The highest BCUT2D eigenvalue weighted by atomic mass is 16.6. The number of hydrogen-bond donors (Lipinski definition) is 1. The summed E-state index contributed by atoms with van der Waals surface area (Å²) in [5, 5.41) is 3.02. The molecule has 2 aliphatic heterocycles. The van der Waals surface area contributed by atoms with Gasteiger partial charge in [-0.25, -0.2) is 0 Å². The van der Waals surface area contributed by atoms with Crippen LogP contribution in [0, 0.1) is 11.8 Å². The molecule has 1 amide bonds. The largest absolute Gasteiger partial charge is 0.486 e. The number of fused-ring (bicyclic) bond motifs is 2. The molecule has 0 bridgehead atoms. The molecule has 0 unspecified atom stereocenters. The summed E-state index contributed by atoms with van der Waals surface area (Å²) in [7, 11) is 0. The zero-order valence-electron chi connectivity index (χ0n) is 14.8. The van der Waals surface area contributed by atoms with E-state index in [4.69, 9.17) is 9.47 Å². The molecule has 5 nitrogen and oxygen atoms in total. The molecule has 1 N–H and O–H groups in total. The molecule has 3 aliphatic rings. The van der Waals surface area contributed by atoms with Crippen molar-refractivity contribution < 1.29 is 14.3 Å². The zero-order valence-corrected chi connectivity index (χ0v) is 14.8. The normalized spacial score (nSPS) is 28.9. The van der Waals surface area contributed by atoms with E-state index in [-0.39, 0.29) is 12.0 Å². The van der Waals surface area contributed by atoms with Crippen LogP contribution in [0.15, 0.2) is 24.3 Å². The number of likely N-dealkylation sites (tertiary alicyclic amines) is 1. The molecule has 2 fully saturated rings. The second kappa shape index (κ2) is 7.65. The quantitative estimate of drug-likeness (QED) is 0.912. The summed E-state index contributed by atoms with van der Waals surface area (Å²) < 4.78 is 11.6. The van der Waals surface area contributed by atoms with Crippen molar-refractivity contribution in [3.8, 4) is 11.5 Å². The fourth-order valence-corrected chi connectivity index (χ4v) is 4.47. The molecular weight excluding hydrogens is 316 g/mol. The first-order valence-electron chi connectivity index (χ1n) is 9.65. The lowest BCUT2D eigenvalue weighted by molar-refractivity contribution is -0.123. The third-order valence-corrected chi connectivity index (χ3v) is 5.84. The number of carbonyl (C=O) groups excluding carboxylic acids is 1. The minimum atomic E-state index is -0.122. The Balaban J connectivity index is 1.21. The van der Waals surface area contributed by atoms with Crippen LogP contribution in [-0.2, 0) is 4.79 Å². The molecule has 0 aromatic heterocycles. The number of nitrogens with one attached hydrogen (secondary N) is 1. The average Bonchev–Trinajstić information content (AvgIpc) is 2.66. The average molecular weight is 344 g/mol. The standard InChI is InChI=1S/C20H28N2O3/c23-20(13-22-10-9-15-5-1-2-6-16(15)12-22)21-11-17-14-24-18-7-3-4-8-19(18)25-17/h3-4,7-8,15-17H,1-2,5-6,9-14H2,(H,21,23)/t15-,16+,17-/m0/s1. The molecule has 2 heterocycles. The molecule has 1 aromatic rings. The van der Waals surface area contributed by atoms with E-state index >= 15 is 0 Å². The summed E-state index contributed by atoms with van der Waals surface area (Å²) in [5.41, 5.74) is 0. The number of hydrogen-bond acceptors (Lipinski definition) is 4. The van der Waals surface area contributed by atoms with Crippen LogP contribution in [0.25, 0.3) is 0 Å². The van der Waals surface area contributed by atoms with Gasteiger partial charge in [0.1, 0.15) is 12.7 Å². The molecule has 4 rings (SSSR count). The molecule has 3 atom stereocenters. The SMILES string of the molecule is O=C(CN1CC[C@@H]2CCCC[C@@H]2C1)NC[C@H]1COc2ccccc2O1. The summed E-state index contributed by atoms with van der Waals surface area (Å²) in [6.07, 6.45) is 6.63. The van der Waals surface area contributed by atoms with Crippen molar-refractivity contribution in [3.05, 3.63) is 24.3 Å². The van der Waals surface area contributed by atoms with E-state index in [1.807, 2.05) is 24.3 Å². The number of piperidine rings is 1. The minimum Gasteiger partial charge on any atom is -0.486 e. The molecule has 136 valence electrons. The van der Waals surface area contributed by atoms with Gasteiger partial charge < -0.3 is 14.8 Å². The first-order chi connectivity index (χ1) is 12.3. The predicted molar refractivity (Wildman–Crippen MR) is 95.9 cm³/mol. The van der Waals surface area contributed by atoms with Crippen molar-refractivity contribution in [2.75, 3.05) is 32.8 Å². The predicted octanol–water partition coefficient (Wildman–Crippen LogP) is 2.45. The summed E-state index contributed by atoms with van der Waals surface area (Å²) in [5.74, 6) is 3.34. The maximum atomic E-state index is 12.3. The first kappa shape index (κ1) is 16.7. The number of benzene rings is 1. The van der Waals surface area contributed by atoms with Crippen LogP contribution in [0.3, 0.4) is 0 Å². The smallest absolute Gasteiger partial charge is 0.234 e. The minimum absolute atomic E-state index is 0.0942. The van der Waals surface area contributed by atoms with E-state index < -0.39 is 0 Å². The second-order valence-electron chi connectivity index (χ2n) is 7.63. The number of nitrogens with zero attached hydrogens (tertiary/aromatic N) is 1. The van der Waals surface area contributed by atoms with Gasteiger partial charge in [0.25, 0.3) is 0 Å². The van der Waals surface area contributed by atoms with Crippen LogP contribution in [0.5, 0.6) is 11.5 Å². The van der Waals surface area contributed by atoms with Gasteiger partial charge in [0.15, 0.2) is 11.5 Å².